The standard InChI is InChI=1S/C21H34.C11H14.C6H14/c1-7-18(6)20(15-21(16(2)3)17(4)5)14-13-19-11-9-8-10-12-19;1-4-10-5-7-11(8-6-10)9(2)3;1-3-5-6-4-2/h7,15,19H,2,8-14H2,1,3-6H3;5-8H,2,4H2,1,3H3;3-6H2,1-2H3/b18-7+,20-15+;;. The molecule has 1 aliphatic rings. The molecular formula is C38H62. The third kappa shape index (κ3) is 16.0. The van der Waals surface area contributed by atoms with Gasteiger partial charge >= 0.3 is 0 Å². The molecule has 1 aromatic carbocycles. The van der Waals surface area contributed by atoms with E-state index in [4.69, 9.17) is 0 Å². The van der Waals surface area contributed by atoms with Gasteiger partial charge in [0, 0.05) is 0 Å². The van der Waals surface area contributed by atoms with Crippen LogP contribution in [0.15, 0.2) is 77.4 Å². The van der Waals surface area contributed by atoms with E-state index in [1.807, 2.05) is 6.92 Å². The van der Waals surface area contributed by atoms with Gasteiger partial charge in [-0.1, -0.05) is 150 Å². The van der Waals surface area contributed by atoms with Crippen LogP contribution >= 0.6 is 0 Å². The highest BCUT2D eigenvalue weighted by atomic mass is 14.2. The fraction of sp³-hybridized carbons (Fsp3) is 0.579. The van der Waals surface area contributed by atoms with E-state index in [9.17, 15) is 0 Å². The van der Waals surface area contributed by atoms with Crippen LogP contribution < -0.4 is 0 Å². The average molecular weight is 519 g/mol. The van der Waals surface area contributed by atoms with Crippen LogP contribution in [0.5, 0.6) is 0 Å². The summed E-state index contributed by atoms with van der Waals surface area (Å²) < 4.78 is 0. The smallest absolute Gasteiger partial charge is 0.0233 e. The van der Waals surface area contributed by atoms with E-state index in [1.165, 1.54) is 110 Å². The van der Waals surface area contributed by atoms with Crippen LogP contribution in [0.3, 0.4) is 0 Å². The van der Waals surface area contributed by atoms with E-state index in [0.29, 0.717) is 0 Å². The van der Waals surface area contributed by atoms with Crippen LogP contribution in [0.2, 0.25) is 0 Å². The summed E-state index contributed by atoms with van der Waals surface area (Å²) in [5, 5.41) is 0. The van der Waals surface area contributed by atoms with Crippen LogP contribution in [-0.4, -0.2) is 0 Å². The molecule has 0 aliphatic heterocycles. The van der Waals surface area contributed by atoms with Gasteiger partial charge in [-0.15, -0.1) is 0 Å². The molecule has 0 heterocycles. The lowest BCUT2D eigenvalue weighted by atomic mass is 9.84. The molecule has 0 spiro atoms. The van der Waals surface area contributed by atoms with Crippen molar-refractivity contribution in [1.29, 1.82) is 0 Å². The Morgan fingerprint density at radius 2 is 1.39 bits per heavy atom. The van der Waals surface area contributed by atoms with Gasteiger partial charge in [-0.05, 0) is 89.0 Å². The fourth-order valence-corrected chi connectivity index (χ4v) is 4.80. The van der Waals surface area contributed by atoms with E-state index >= 15 is 0 Å². The molecule has 0 heteroatoms. The molecule has 0 N–H and O–H groups in total. The molecule has 38 heavy (non-hydrogen) atoms. The van der Waals surface area contributed by atoms with E-state index in [-0.39, 0.29) is 0 Å². The normalized spacial score (nSPS) is 14.0. The molecule has 214 valence electrons. The molecule has 0 bridgehead atoms. The zero-order valence-electron chi connectivity index (χ0n) is 26.9. The maximum atomic E-state index is 4.14. The van der Waals surface area contributed by atoms with Crippen LogP contribution in [0.25, 0.3) is 5.57 Å². The van der Waals surface area contributed by atoms with Gasteiger partial charge in [-0.2, -0.15) is 0 Å². The van der Waals surface area contributed by atoms with Gasteiger partial charge in [-0.3, -0.25) is 0 Å². The van der Waals surface area contributed by atoms with Crippen LogP contribution in [0, 0.1) is 5.92 Å². The van der Waals surface area contributed by atoms with Crippen molar-refractivity contribution in [2.75, 3.05) is 0 Å². The van der Waals surface area contributed by atoms with Crippen molar-refractivity contribution in [3.05, 3.63) is 88.6 Å². The Morgan fingerprint density at radius 3 is 1.79 bits per heavy atom. The van der Waals surface area contributed by atoms with Crippen LogP contribution in [0.4, 0.5) is 0 Å². The third-order valence-electron chi connectivity index (χ3n) is 7.62. The first-order chi connectivity index (χ1) is 18.1. The first kappa shape index (κ1) is 35.9. The topological polar surface area (TPSA) is 0 Å². The summed E-state index contributed by atoms with van der Waals surface area (Å²) >= 11 is 0. The number of aryl methyl sites for hydroxylation is 1. The van der Waals surface area contributed by atoms with E-state index < -0.39 is 0 Å². The third-order valence-corrected chi connectivity index (χ3v) is 7.62. The number of hydrogen-bond donors (Lipinski definition) is 0. The van der Waals surface area contributed by atoms with Crippen molar-refractivity contribution in [1.82, 2.24) is 0 Å². The highest BCUT2D eigenvalue weighted by molar-refractivity contribution is 5.61. The molecule has 0 nitrogen and oxygen atoms in total. The SMILES string of the molecule is C=C(C)C(/C=C(CCC1CCCCC1)/C(C)=C/C)=C(C)C.C=C(C)c1ccc(CC)cc1.CCCCCC. The summed E-state index contributed by atoms with van der Waals surface area (Å²) in [6.07, 6.45) is 21.1. The number of hydrogen-bond acceptors (Lipinski definition) is 0. The van der Waals surface area contributed by atoms with Crippen molar-refractivity contribution >= 4 is 5.57 Å². The summed E-state index contributed by atoms with van der Waals surface area (Å²) in [6.45, 7) is 27.6. The van der Waals surface area contributed by atoms with Gasteiger partial charge in [0.05, 0.1) is 0 Å². The van der Waals surface area contributed by atoms with Crippen LogP contribution in [0.1, 0.15) is 144 Å². The fourth-order valence-electron chi connectivity index (χ4n) is 4.80. The minimum absolute atomic E-state index is 0.951. The van der Waals surface area contributed by atoms with Gasteiger partial charge in [-0.25, -0.2) is 0 Å². The molecule has 0 radical (unpaired) electrons. The lowest BCUT2D eigenvalue weighted by Crippen LogP contribution is -2.06. The maximum Gasteiger partial charge on any atom is -0.0233 e. The molecule has 0 unspecified atom stereocenters. The molecule has 2 rings (SSSR count). The van der Waals surface area contributed by atoms with Crippen molar-refractivity contribution < 1.29 is 0 Å². The lowest BCUT2D eigenvalue weighted by molar-refractivity contribution is 0.339. The molecule has 0 amide bonds. The molecule has 0 atom stereocenters. The van der Waals surface area contributed by atoms with Crippen molar-refractivity contribution in [2.24, 2.45) is 5.92 Å². The highest BCUT2D eigenvalue weighted by Gasteiger charge is 2.14. The molecule has 1 aromatic rings. The van der Waals surface area contributed by atoms with Gasteiger partial charge in [0.15, 0.2) is 0 Å². The van der Waals surface area contributed by atoms with Gasteiger partial charge in [0.1, 0.15) is 0 Å². The predicted octanol–water partition coefficient (Wildman–Crippen LogP) is 13.0. The minimum atomic E-state index is 0.951. The number of rotatable bonds is 11. The Kier molecular flexibility index (Phi) is 20.6. The second-order valence-electron chi connectivity index (χ2n) is 11.4. The number of allylic oxidation sites excluding steroid dienone is 8. The van der Waals surface area contributed by atoms with Gasteiger partial charge in [0.2, 0.25) is 0 Å². The first-order valence-corrected chi connectivity index (χ1v) is 15.5. The van der Waals surface area contributed by atoms with Crippen LogP contribution in [-0.2, 0) is 6.42 Å². The van der Waals surface area contributed by atoms with Gasteiger partial charge in [0.25, 0.3) is 0 Å². The summed E-state index contributed by atoms with van der Waals surface area (Å²) in [7, 11) is 0. The second kappa shape index (κ2) is 21.8. The largest absolute Gasteiger partial charge is 0.0955 e. The van der Waals surface area contributed by atoms with Gasteiger partial charge < -0.3 is 0 Å². The predicted molar refractivity (Wildman–Crippen MR) is 177 cm³/mol. The first-order valence-electron chi connectivity index (χ1n) is 15.5. The number of unbranched alkanes of at least 4 members (excludes halogenated alkanes) is 3. The highest BCUT2D eigenvalue weighted by Crippen LogP contribution is 2.31. The molecule has 0 saturated heterocycles. The Labute approximate surface area is 239 Å². The Hall–Kier alpha value is -2.08. The molecule has 0 aromatic heterocycles. The molecule has 1 aliphatic carbocycles. The average Bonchev–Trinajstić information content (AvgIpc) is 2.92. The molecular weight excluding hydrogens is 456 g/mol. The Balaban J connectivity index is 0.000000666. The zero-order valence-corrected chi connectivity index (χ0v) is 26.9. The van der Waals surface area contributed by atoms with E-state index in [2.05, 4.69) is 105 Å². The van der Waals surface area contributed by atoms with E-state index in [0.717, 1.165) is 17.9 Å². The second-order valence-corrected chi connectivity index (χ2v) is 11.4. The Morgan fingerprint density at radius 1 is 0.842 bits per heavy atom. The summed E-state index contributed by atoms with van der Waals surface area (Å²) in [4.78, 5) is 0. The minimum Gasteiger partial charge on any atom is -0.0955 e. The molecule has 1 saturated carbocycles. The lowest BCUT2D eigenvalue weighted by Gasteiger charge is -2.22. The van der Waals surface area contributed by atoms with Crippen molar-refractivity contribution in [3.8, 4) is 0 Å². The van der Waals surface area contributed by atoms with E-state index in [1.54, 1.807) is 0 Å². The summed E-state index contributed by atoms with van der Waals surface area (Å²) in [6, 6.07) is 8.57. The van der Waals surface area contributed by atoms with Crippen molar-refractivity contribution in [2.45, 2.75) is 139 Å². The Bertz CT molecular complexity index is 870. The maximum absolute atomic E-state index is 4.14. The summed E-state index contributed by atoms with van der Waals surface area (Å²) in [5.41, 5.74) is 10.5. The van der Waals surface area contributed by atoms with Crippen molar-refractivity contribution in [3.63, 3.8) is 0 Å². The quantitative estimate of drug-likeness (QED) is 0.202. The number of benzene rings is 1. The summed E-state index contributed by atoms with van der Waals surface area (Å²) in [5.74, 6) is 0.951. The molecule has 1 fully saturated rings. The zero-order chi connectivity index (χ0) is 28.9. The monoisotopic (exact) mass is 518 g/mol.